The normalized spacial score (nSPS) is 11.4. The largest absolute Gasteiger partial charge is 0.487 e. The minimum Gasteiger partial charge on any atom is -0.487 e. The second-order valence-corrected chi connectivity index (χ2v) is 3.95. The number of aliphatic carboxylic acids is 1. The predicted octanol–water partition coefficient (Wildman–Crippen LogP) is 3.17. The van der Waals surface area contributed by atoms with Gasteiger partial charge in [-0.3, -0.25) is 0 Å². The number of carboxylic acids is 1. The molecule has 2 rings (SSSR count). The molecule has 0 radical (unpaired) electrons. The number of carboxylic acid groups (broad SMARTS) is 1. The summed E-state index contributed by atoms with van der Waals surface area (Å²) >= 11 is 0. The summed E-state index contributed by atoms with van der Waals surface area (Å²) in [5.41, 5.74) is 0.635. The van der Waals surface area contributed by atoms with E-state index in [1.54, 1.807) is 36.4 Å². The molecule has 0 saturated carbocycles. The number of hydrogen-bond donors (Lipinski definition) is 1. The zero-order valence-corrected chi connectivity index (χ0v) is 10.9. The van der Waals surface area contributed by atoms with Crippen LogP contribution in [0, 0.1) is 0 Å². The van der Waals surface area contributed by atoms with Crippen LogP contribution in [0.4, 0.5) is 0 Å². The lowest BCUT2D eigenvalue weighted by Crippen LogP contribution is -2.10. The van der Waals surface area contributed by atoms with Crippen LogP contribution in [0.5, 0.6) is 5.75 Å². The summed E-state index contributed by atoms with van der Waals surface area (Å²) in [5, 5.41) is 9.22. The highest BCUT2D eigenvalue weighted by molar-refractivity contribution is 5.93. The third-order valence-corrected chi connectivity index (χ3v) is 2.60. The molecule has 2 aromatic carbocycles. The van der Waals surface area contributed by atoms with E-state index in [1.165, 1.54) is 7.11 Å². The van der Waals surface area contributed by atoms with Crippen molar-refractivity contribution in [3.8, 4) is 5.75 Å². The average Bonchev–Trinajstić information content (AvgIpc) is 2.48. The second-order valence-electron chi connectivity index (χ2n) is 3.95. The molecule has 1 N–H and O–H groups in total. The number of hydrogen-bond acceptors (Lipinski definition) is 3. The number of methoxy groups -OCH3 is 1. The van der Waals surface area contributed by atoms with Gasteiger partial charge in [0.25, 0.3) is 0 Å². The Hall–Kier alpha value is -2.75. The van der Waals surface area contributed by atoms with Crippen molar-refractivity contribution in [1.82, 2.24) is 0 Å². The first-order valence-corrected chi connectivity index (χ1v) is 6.02. The Balaban J connectivity index is 2.48. The number of para-hydroxylation sites is 1. The molecule has 0 aliphatic rings. The first-order chi connectivity index (χ1) is 9.72. The van der Waals surface area contributed by atoms with Crippen LogP contribution < -0.4 is 4.74 Å². The van der Waals surface area contributed by atoms with Gasteiger partial charge in [-0.2, -0.15) is 0 Å². The monoisotopic (exact) mass is 270 g/mol. The lowest BCUT2D eigenvalue weighted by atomic mass is 10.1. The van der Waals surface area contributed by atoms with Crippen LogP contribution >= 0.6 is 0 Å². The van der Waals surface area contributed by atoms with Crippen LogP contribution in [0.1, 0.15) is 5.56 Å². The quantitative estimate of drug-likeness (QED) is 0.669. The minimum atomic E-state index is -1.18. The number of rotatable bonds is 5. The van der Waals surface area contributed by atoms with Gasteiger partial charge in [-0.05, 0) is 12.1 Å². The van der Waals surface area contributed by atoms with E-state index in [9.17, 15) is 9.90 Å². The first kappa shape index (κ1) is 13.7. The van der Waals surface area contributed by atoms with E-state index in [1.807, 2.05) is 24.3 Å². The maximum Gasteiger partial charge on any atom is 0.375 e. The van der Waals surface area contributed by atoms with Crippen molar-refractivity contribution in [3.05, 3.63) is 72.0 Å². The van der Waals surface area contributed by atoms with Crippen molar-refractivity contribution in [2.45, 2.75) is 0 Å². The maximum atomic E-state index is 11.3. The molecule has 0 atom stereocenters. The summed E-state index contributed by atoms with van der Waals surface area (Å²) in [6.07, 6.45) is 0. The minimum absolute atomic E-state index is 0.173. The van der Waals surface area contributed by atoms with Gasteiger partial charge >= 0.3 is 5.97 Å². The average molecular weight is 270 g/mol. The van der Waals surface area contributed by atoms with Crippen molar-refractivity contribution in [1.29, 1.82) is 0 Å². The van der Waals surface area contributed by atoms with Gasteiger partial charge in [0.15, 0.2) is 5.76 Å². The molecular formula is C16H14O4. The Morgan fingerprint density at radius 2 is 1.50 bits per heavy atom. The fourth-order valence-corrected chi connectivity index (χ4v) is 1.71. The highest BCUT2D eigenvalue weighted by Gasteiger charge is 2.19. The fourth-order valence-electron chi connectivity index (χ4n) is 1.71. The van der Waals surface area contributed by atoms with E-state index < -0.39 is 5.97 Å². The van der Waals surface area contributed by atoms with Gasteiger partial charge in [-0.1, -0.05) is 48.5 Å². The van der Waals surface area contributed by atoms with E-state index >= 15 is 0 Å². The van der Waals surface area contributed by atoms with E-state index in [4.69, 9.17) is 9.47 Å². The highest BCUT2D eigenvalue weighted by atomic mass is 16.5. The van der Waals surface area contributed by atoms with Gasteiger partial charge < -0.3 is 14.6 Å². The summed E-state index contributed by atoms with van der Waals surface area (Å²) in [5.74, 6) is -0.698. The third kappa shape index (κ3) is 3.17. The second kappa shape index (κ2) is 6.43. The molecule has 0 saturated heterocycles. The summed E-state index contributed by atoms with van der Waals surface area (Å²) in [6.45, 7) is 0. The highest BCUT2D eigenvalue weighted by Crippen LogP contribution is 2.24. The van der Waals surface area contributed by atoms with Crippen LogP contribution in [0.2, 0.25) is 0 Å². The molecule has 4 nitrogen and oxygen atoms in total. The van der Waals surface area contributed by atoms with Crippen molar-refractivity contribution >= 4 is 11.7 Å². The van der Waals surface area contributed by atoms with E-state index in [0.29, 0.717) is 11.3 Å². The first-order valence-electron chi connectivity index (χ1n) is 6.02. The van der Waals surface area contributed by atoms with Crippen LogP contribution in [-0.4, -0.2) is 18.2 Å². The molecule has 20 heavy (non-hydrogen) atoms. The van der Waals surface area contributed by atoms with E-state index in [0.717, 1.165) is 0 Å². The molecular weight excluding hydrogens is 256 g/mol. The van der Waals surface area contributed by atoms with Crippen LogP contribution in [0.3, 0.4) is 0 Å². The molecule has 102 valence electrons. The van der Waals surface area contributed by atoms with Gasteiger partial charge in [-0.15, -0.1) is 0 Å². The Morgan fingerprint density at radius 3 is 2.00 bits per heavy atom. The molecule has 0 aromatic heterocycles. The van der Waals surface area contributed by atoms with E-state index in [2.05, 4.69) is 0 Å². The van der Waals surface area contributed by atoms with Gasteiger partial charge in [0.2, 0.25) is 5.76 Å². The zero-order valence-electron chi connectivity index (χ0n) is 10.9. The van der Waals surface area contributed by atoms with Crippen LogP contribution in [0.15, 0.2) is 66.4 Å². The van der Waals surface area contributed by atoms with Crippen molar-refractivity contribution in [2.75, 3.05) is 7.11 Å². The van der Waals surface area contributed by atoms with Crippen LogP contribution in [-0.2, 0) is 9.53 Å². The maximum absolute atomic E-state index is 11.3. The SMILES string of the molecule is CO/C(C(=O)O)=C(/Oc1ccccc1)c1ccccc1. The van der Waals surface area contributed by atoms with Crippen molar-refractivity contribution < 1.29 is 19.4 Å². The Kier molecular flexibility index (Phi) is 4.39. The molecule has 0 unspecified atom stereocenters. The van der Waals surface area contributed by atoms with E-state index in [-0.39, 0.29) is 11.5 Å². The topological polar surface area (TPSA) is 55.8 Å². The summed E-state index contributed by atoms with van der Waals surface area (Å²) < 4.78 is 10.6. The lowest BCUT2D eigenvalue weighted by molar-refractivity contribution is -0.136. The summed E-state index contributed by atoms with van der Waals surface area (Å²) in [7, 11) is 1.31. The Labute approximate surface area is 116 Å². The van der Waals surface area contributed by atoms with Crippen LogP contribution in [0.25, 0.3) is 5.76 Å². The zero-order chi connectivity index (χ0) is 14.4. The molecule has 0 aliphatic heterocycles. The summed E-state index contributed by atoms with van der Waals surface area (Å²) in [4.78, 5) is 11.3. The molecule has 0 bridgehead atoms. The molecule has 0 heterocycles. The van der Waals surface area contributed by atoms with Gasteiger partial charge in [0.1, 0.15) is 5.75 Å². The number of benzene rings is 2. The van der Waals surface area contributed by atoms with Gasteiger partial charge in [-0.25, -0.2) is 4.79 Å². The molecule has 4 heteroatoms. The fraction of sp³-hybridized carbons (Fsp3) is 0.0625. The number of ether oxygens (including phenoxy) is 2. The smallest absolute Gasteiger partial charge is 0.375 e. The van der Waals surface area contributed by atoms with Crippen molar-refractivity contribution in [3.63, 3.8) is 0 Å². The predicted molar refractivity (Wildman–Crippen MR) is 75.1 cm³/mol. The number of carbonyl (C=O) groups is 1. The molecule has 0 spiro atoms. The summed E-state index contributed by atoms with van der Waals surface area (Å²) in [6, 6.07) is 18.0. The van der Waals surface area contributed by atoms with Gasteiger partial charge in [0, 0.05) is 5.56 Å². The van der Waals surface area contributed by atoms with Crippen molar-refractivity contribution in [2.24, 2.45) is 0 Å². The Morgan fingerprint density at radius 1 is 0.950 bits per heavy atom. The standard InChI is InChI=1S/C16H14O4/c1-19-15(16(17)18)14(12-8-4-2-5-9-12)20-13-10-6-3-7-11-13/h2-11H,1H3,(H,17,18)/b15-14+. The Bertz CT molecular complexity index is 603. The molecule has 2 aromatic rings. The lowest BCUT2D eigenvalue weighted by Gasteiger charge is -2.13. The molecule has 0 fully saturated rings. The molecule has 0 aliphatic carbocycles. The van der Waals surface area contributed by atoms with Gasteiger partial charge in [0.05, 0.1) is 7.11 Å². The third-order valence-electron chi connectivity index (χ3n) is 2.60. The molecule has 0 amide bonds.